The molecular weight excluding hydrogens is 344 g/mol. The Kier molecular flexibility index (Phi) is 5.35. The second-order valence-electron chi connectivity index (χ2n) is 6.11. The van der Waals surface area contributed by atoms with Crippen molar-refractivity contribution in [3.8, 4) is 0 Å². The molecule has 0 amide bonds. The third-order valence-corrected chi connectivity index (χ3v) is 6.94. The Labute approximate surface area is 146 Å². The molecule has 1 aliphatic rings. The van der Waals surface area contributed by atoms with Gasteiger partial charge in [-0.1, -0.05) is 25.7 Å². The first-order chi connectivity index (χ1) is 11.5. The molecule has 130 valence electrons. The van der Waals surface area contributed by atoms with Crippen molar-refractivity contribution in [3.63, 3.8) is 0 Å². The zero-order valence-corrected chi connectivity index (χ0v) is 15.3. The second kappa shape index (κ2) is 7.48. The number of rotatable bonds is 5. The quantitative estimate of drug-likeness (QED) is 0.787. The normalized spacial score (nSPS) is 16.5. The molecule has 3 rings (SSSR count). The van der Waals surface area contributed by atoms with E-state index in [0.29, 0.717) is 11.9 Å². The number of hydrogen-bond donors (Lipinski definition) is 2. The van der Waals surface area contributed by atoms with E-state index in [4.69, 9.17) is 0 Å². The topological polar surface area (TPSA) is 84.0 Å². The fraction of sp³-hybridized carbons (Fsp3) is 0.500. The number of hydrogen-bond acceptors (Lipinski definition) is 6. The minimum absolute atomic E-state index is 0.229. The molecule has 1 fully saturated rings. The van der Waals surface area contributed by atoms with Crippen molar-refractivity contribution in [2.75, 3.05) is 10.0 Å². The average molecular weight is 367 g/mol. The first-order valence-corrected chi connectivity index (χ1v) is 10.5. The molecule has 2 heterocycles. The summed E-state index contributed by atoms with van der Waals surface area (Å²) in [6.45, 7) is 1.87. The maximum Gasteiger partial charge on any atom is 0.272 e. The highest BCUT2D eigenvalue weighted by Crippen LogP contribution is 2.23. The highest BCUT2D eigenvalue weighted by molar-refractivity contribution is 7.94. The van der Waals surface area contributed by atoms with E-state index in [1.54, 1.807) is 24.3 Å². The third-order valence-electron chi connectivity index (χ3n) is 4.09. The van der Waals surface area contributed by atoms with Crippen LogP contribution in [0.1, 0.15) is 43.4 Å². The number of nitrogens with zero attached hydrogens (tertiary/aromatic N) is 2. The van der Waals surface area contributed by atoms with Crippen LogP contribution in [0, 0.1) is 6.92 Å². The van der Waals surface area contributed by atoms with Crippen molar-refractivity contribution in [2.24, 2.45) is 0 Å². The van der Waals surface area contributed by atoms with E-state index in [9.17, 15) is 8.42 Å². The summed E-state index contributed by atoms with van der Waals surface area (Å²) in [5.74, 6) is 0.921. The predicted octanol–water partition coefficient (Wildman–Crippen LogP) is 3.78. The SMILES string of the molecule is Cc1ccc(S(=O)(=O)Nc2ccc(NC3CCCCCC3)nn2)s1. The molecule has 1 saturated carbocycles. The molecule has 1 aliphatic carbocycles. The van der Waals surface area contributed by atoms with Gasteiger partial charge in [0, 0.05) is 10.9 Å². The Hall–Kier alpha value is -1.67. The van der Waals surface area contributed by atoms with Crippen LogP contribution in [0.3, 0.4) is 0 Å². The number of sulfonamides is 1. The third kappa shape index (κ3) is 4.45. The maximum atomic E-state index is 12.3. The summed E-state index contributed by atoms with van der Waals surface area (Å²) in [5.41, 5.74) is 0. The summed E-state index contributed by atoms with van der Waals surface area (Å²) < 4.78 is 27.3. The van der Waals surface area contributed by atoms with Gasteiger partial charge in [0.2, 0.25) is 0 Å². The van der Waals surface area contributed by atoms with Crippen molar-refractivity contribution in [1.82, 2.24) is 10.2 Å². The molecule has 0 radical (unpaired) electrons. The Bertz CT molecular complexity index is 764. The smallest absolute Gasteiger partial charge is 0.272 e. The van der Waals surface area contributed by atoms with Crippen molar-refractivity contribution in [1.29, 1.82) is 0 Å². The number of aryl methyl sites for hydroxylation is 1. The molecule has 0 unspecified atom stereocenters. The monoisotopic (exact) mass is 366 g/mol. The molecule has 0 spiro atoms. The number of anilines is 2. The maximum absolute atomic E-state index is 12.3. The Morgan fingerprint density at radius 2 is 1.67 bits per heavy atom. The lowest BCUT2D eigenvalue weighted by Gasteiger charge is -2.16. The van der Waals surface area contributed by atoms with Gasteiger partial charge in [-0.2, -0.15) is 0 Å². The summed E-state index contributed by atoms with van der Waals surface area (Å²) in [7, 11) is -3.59. The summed E-state index contributed by atoms with van der Waals surface area (Å²) in [6.07, 6.45) is 7.37. The van der Waals surface area contributed by atoms with Gasteiger partial charge >= 0.3 is 0 Å². The minimum Gasteiger partial charge on any atom is -0.366 e. The van der Waals surface area contributed by atoms with Crippen LogP contribution in [0.2, 0.25) is 0 Å². The van der Waals surface area contributed by atoms with E-state index in [0.717, 1.165) is 17.7 Å². The highest BCUT2D eigenvalue weighted by atomic mass is 32.2. The van der Waals surface area contributed by atoms with E-state index in [1.165, 1.54) is 37.0 Å². The van der Waals surface area contributed by atoms with Gasteiger partial charge in [-0.05, 0) is 44.0 Å². The van der Waals surface area contributed by atoms with Crippen LogP contribution in [0.25, 0.3) is 0 Å². The average Bonchev–Trinajstić information content (AvgIpc) is 2.84. The zero-order valence-electron chi connectivity index (χ0n) is 13.7. The lowest BCUT2D eigenvalue weighted by molar-refractivity contribution is 0.602. The first kappa shape index (κ1) is 17.2. The Morgan fingerprint density at radius 1 is 1.00 bits per heavy atom. The first-order valence-electron chi connectivity index (χ1n) is 8.22. The second-order valence-corrected chi connectivity index (χ2v) is 9.30. The van der Waals surface area contributed by atoms with Crippen LogP contribution >= 0.6 is 11.3 Å². The summed E-state index contributed by atoms with van der Waals surface area (Å²) >= 11 is 1.23. The van der Waals surface area contributed by atoms with Crippen molar-refractivity contribution in [3.05, 3.63) is 29.1 Å². The predicted molar refractivity (Wildman–Crippen MR) is 97.0 cm³/mol. The van der Waals surface area contributed by atoms with Crippen molar-refractivity contribution in [2.45, 2.75) is 55.7 Å². The number of thiophene rings is 1. The van der Waals surface area contributed by atoms with Crippen LogP contribution in [0.15, 0.2) is 28.5 Å². The molecule has 2 aromatic heterocycles. The zero-order chi connectivity index (χ0) is 17.0. The molecule has 6 nitrogen and oxygen atoms in total. The van der Waals surface area contributed by atoms with Crippen LogP contribution < -0.4 is 10.0 Å². The molecule has 0 saturated heterocycles. The van der Waals surface area contributed by atoms with Gasteiger partial charge in [0.15, 0.2) is 5.82 Å². The highest BCUT2D eigenvalue weighted by Gasteiger charge is 2.17. The van der Waals surface area contributed by atoms with E-state index < -0.39 is 10.0 Å². The minimum atomic E-state index is -3.59. The van der Waals surface area contributed by atoms with Crippen molar-refractivity contribution >= 4 is 33.0 Å². The van der Waals surface area contributed by atoms with Gasteiger partial charge in [-0.15, -0.1) is 21.5 Å². The molecule has 8 heteroatoms. The fourth-order valence-corrected chi connectivity index (χ4v) is 5.12. The van der Waals surface area contributed by atoms with Crippen LogP contribution in [0.4, 0.5) is 11.6 Å². The van der Waals surface area contributed by atoms with Gasteiger partial charge in [-0.25, -0.2) is 8.42 Å². The number of aromatic nitrogens is 2. The summed E-state index contributed by atoms with van der Waals surface area (Å²) in [5, 5.41) is 11.5. The standard InChI is InChI=1S/C16H22N4O2S2/c1-12-8-11-16(23-12)24(21,22)20-15-10-9-14(18-19-15)17-13-6-4-2-3-5-7-13/h8-11,13H,2-7H2,1H3,(H,17,18)(H,19,20). The van der Waals surface area contributed by atoms with Gasteiger partial charge in [0.05, 0.1) is 0 Å². The summed E-state index contributed by atoms with van der Waals surface area (Å²) in [4.78, 5) is 0.949. The van der Waals surface area contributed by atoms with Crippen LogP contribution in [0.5, 0.6) is 0 Å². The van der Waals surface area contributed by atoms with E-state index in [1.807, 2.05) is 6.92 Å². The van der Waals surface area contributed by atoms with Gasteiger partial charge in [-0.3, -0.25) is 4.72 Å². The lowest BCUT2D eigenvalue weighted by atomic mass is 10.1. The molecule has 0 aromatic carbocycles. The number of nitrogens with one attached hydrogen (secondary N) is 2. The lowest BCUT2D eigenvalue weighted by Crippen LogP contribution is -2.19. The molecule has 0 atom stereocenters. The van der Waals surface area contributed by atoms with Gasteiger partial charge in [0.25, 0.3) is 10.0 Å². The largest absolute Gasteiger partial charge is 0.366 e. The Morgan fingerprint density at radius 3 is 2.25 bits per heavy atom. The van der Waals surface area contributed by atoms with Crippen LogP contribution in [-0.2, 0) is 10.0 Å². The van der Waals surface area contributed by atoms with E-state index >= 15 is 0 Å². The van der Waals surface area contributed by atoms with E-state index in [-0.39, 0.29) is 10.0 Å². The van der Waals surface area contributed by atoms with Gasteiger partial charge in [0.1, 0.15) is 10.0 Å². The van der Waals surface area contributed by atoms with Crippen molar-refractivity contribution < 1.29 is 8.42 Å². The fourth-order valence-electron chi connectivity index (χ4n) is 2.84. The molecular formula is C16H22N4O2S2. The summed E-state index contributed by atoms with van der Waals surface area (Å²) in [6, 6.07) is 7.22. The molecule has 2 aromatic rings. The molecule has 24 heavy (non-hydrogen) atoms. The van der Waals surface area contributed by atoms with E-state index in [2.05, 4.69) is 20.2 Å². The molecule has 0 bridgehead atoms. The molecule has 2 N–H and O–H groups in total. The van der Waals surface area contributed by atoms with Gasteiger partial charge < -0.3 is 5.32 Å². The Balaban J connectivity index is 1.64. The van der Waals surface area contributed by atoms with Crippen LogP contribution in [-0.4, -0.2) is 24.7 Å². The molecule has 0 aliphatic heterocycles.